The van der Waals surface area contributed by atoms with Gasteiger partial charge in [0.2, 0.25) is 0 Å². The van der Waals surface area contributed by atoms with Crippen LogP contribution < -0.4 is 5.73 Å². The molecule has 2 aromatic rings. The Balaban J connectivity index is 2.53. The zero-order valence-corrected chi connectivity index (χ0v) is 10.4. The summed E-state index contributed by atoms with van der Waals surface area (Å²) in [6, 6.07) is 7.09. The molecule has 1 heterocycles. The van der Waals surface area contributed by atoms with Crippen LogP contribution in [0.1, 0.15) is 18.1 Å². The van der Waals surface area contributed by atoms with E-state index in [1.165, 1.54) is 30.5 Å². The van der Waals surface area contributed by atoms with Gasteiger partial charge in [0.05, 0.1) is 5.02 Å². The second-order valence-corrected chi connectivity index (χ2v) is 4.60. The van der Waals surface area contributed by atoms with Crippen molar-refractivity contribution in [2.45, 2.75) is 12.5 Å². The molecule has 1 atom stereocenters. The Morgan fingerprint density at radius 2 is 1.94 bits per heavy atom. The second-order valence-electron chi connectivity index (χ2n) is 4.17. The molecule has 5 heteroatoms. The van der Waals surface area contributed by atoms with Gasteiger partial charge in [0.25, 0.3) is 0 Å². The Kier molecular flexibility index (Phi) is 3.24. The van der Waals surface area contributed by atoms with Crippen LogP contribution in [0.25, 0.3) is 0 Å². The summed E-state index contributed by atoms with van der Waals surface area (Å²) in [4.78, 5) is 3.90. The minimum atomic E-state index is -1.38. The third kappa shape index (κ3) is 2.30. The van der Waals surface area contributed by atoms with Gasteiger partial charge in [-0.3, -0.25) is 0 Å². The average molecular weight is 267 g/mol. The fourth-order valence-corrected chi connectivity index (χ4v) is 1.93. The van der Waals surface area contributed by atoms with E-state index >= 15 is 0 Å². The number of hydrogen-bond donors (Lipinski definition) is 2. The Bertz CT molecular complexity index is 570. The SMILES string of the molecule is CC(O)(c1ccc(F)cc1)c1cc(Cl)cnc1N. The molecule has 0 aliphatic carbocycles. The molecule has 3 nitrogen and oxygen atoms in total. The lowest BCUT2D eigenvalue weighted by atomic mass is 9.88. The van der Waals surface area contributed by atoms with Crippen LogP contribution in [0.2, 0.25) is 5.02 Å². The van der Waals surface area contributed by atoms with Crippen molar-refractivity contribution in [3.63, 3.8) is 0 Å². The van der Waals surface area contributed by atoms with Crippen LogP contribution in [-0.2, 0) is 5.60 Å². The summed E-state index contributed by atoms with van der Waals surface area (Å²) in [7, 11) is 0. The third-order valence-electron chi connectivity index (χ3n) is 2.82. The summed E-state index contributed by atoms with van der Waals surface area (Å²) in [5.74, 6) is -0.180. The van der Waals surface area contributed by atoms with Gasteiger partial charge in [0.15, 0.2) is 0 Å². The van der Waals surface area contributed by atoms with Crippen molar-refractivity contribution in [1.82, 2.24) is 4.98 Å². The normalized spacial score (nSPS) is 14.2. The van der Waals surface area contributed by atoms with Gasteiger partial charge in [-0.05, 0) is 30.7 Å². The van der Waals surface area contributed by atoms with Crippen molar-refractivity contribution in [2.24, 2.45) is 0 Å². The number of anilines is 1. The molecule has 1 aromatic carbocycles. The number of nitrogens with zero attached hydrogens (tertiary/aromatic N) is 1. The molecule has 3 N–H and O–H groups in total. The molecule has 94 valence electrons. The van der Waals surface area contributed by atoms with Crippen molar-refractivity contribution < 1.29 is 9.50 Å². The fraction of sp³-hybridized carbons (Fsp3) is 0.154. The fourth-order valence-electron chi connectivity index (χ4n) is 1.77. The first-order valence-electron chi connectivity index (χ1n) is 5.31. The Hall–Kier alpha value is -1.65. The van der Waals surface area contributed by atoms with Gasteiger partial charge >= 0.3 is 0 Å². The summed E-state index contributed by atoms with van der Waals surface area (Å²) in [6.45, 7) is 1.56. The van der Waals surface area contributed by atoms with Crippen molar-refractivity contribution >= 4 is 17.4 Å². The summed E-state index contributed by atoms with van der Waals surface area (Å²) in [6.07, 6.45) is 1.40. The van der Waals surface area contributed by atoms with Crippen LogP contribution in [-0.4, -0.2) is 10.1 Å². The van der Waals surface area contributed by atoms with Gasteiger partial charge in [0.1, 0.15) is 17.2 Å². The molecule has 1 unspecified atom stereocenters. The molecule has 0 spiro atoms. The second kappa shape index (κ2) is 4.55. The van der Waals surface area contributed by atoms with Gasteiger partial charge in [-0.1, -0.05) is 23.7 Å². The van der Waals surface area contributed by atoms with Crippen LogP contribution in [0.5, 0.6) is 0 Å². The average Bonchev–Trinajstić information content (AvgIpc) is 2.32. The third-order valence-corrected chi connectivity index (χ3v) is 3.02. The maximum absolute atomic E-state index is 12.9. The van der Waals surface area contributed by atoms with Gasteiger partial charge in [-0.2, -0.15) is 0 Å². The van der Waals surface area contributed by atoms with Gasteiger partial charge in [0, 0.05) is 11.8 Å². The molecule has 0 aliphatic rings. The lowest BCUT2D eigenvalue weighted by molar-refractivity contribution is 0.103. The molecule has 0 saturated heterocycles. The van der Waals surface area contributed by atoms with Crippen LogP contribution in [0.4, 0.5) is 10.2 Å². The molecule has 1 aromatic heterocycles. The number of rotatable bonds is 2. The zero-order valence-electron chi connectivity index (χ0n) is 9.69. The lowest BCUT2D eigenvalue weighted by Gasteiger charge is -2.25. The monoisotopic (exact) mass is 266 g/mol. The van der Waals surface area contributed by atoms with E-state index in [2.05, 4.69) is 4.98 Å². The molecule has 0 aliphatic heterocycles. The first kappa shape index (κ1) is 12.8. The van der Waals surface area contributed by atoms with E-state index < -0.39 is 5.60 Å². The molecular weight excluding hydrogens is 255 g/mol. The number of aliphatic hydroxyl groups is 1. The number of pyridine rings is 1. The van der Waals surface area contributed by atoms with E-state index in [0.717, 1.165) is 0 Å². The van der Waals surface area contributed by atoms with E-state index in [4.69, 9.17) is 17.3 Å². The summed E-state index contributed by atoms with van der Waals surface area (Å²) >= 11 is 5.85. The standard InChI is InChI=1S/C13H12ClFN2O/c1-13(18,8-2-4-10(15)5-3-8)11-6-9(14)7-17-12(11)16/h2-7,18H,1H3,(H2,16,17). The Labute approximate surface area is 109 Å². The van der Waals surface area contributed by atoms with Gasteiger partial charge in [-0.25, -0.2) is 9.37 Å². The first-order valence-corrected chi connectivity index (χ1v) is 5.69. The van der Waals surface area contributed by atoms with Crippen LogP contribution >= 0.6 is 11.6 Å². The summed E-state index contributed by atoms with van der Waals surface area (Å²) < 4.78 is 12.9. The molecule has 2 rings (SSSR count). The van der Waals surface area contributed by atoms with Crippen LogP contribution in [0.3, 0.4) is 0 Å². The summed E-state index contributed by atoms with van der Waals surface area (Å²) in [5.41, 5.74) is 5.26. The highest BCUT2D eigenvalue weighted by molar-refractivity contribution is 6.30. The highest BCUT2D eigenvalue weighted by atomic mass is 35.5. The van der Waals surface area contributed by atoms with Gasteiger partial charge in [-0.15, -0.1) is 0 Å². The zero-order chi connectivity index (χ0) is 13.3. The Morgan fingerprint density at radius 3 is 2.56 bits per heavy atom. The van der Waals surface area contributed by atoms with Crippen molar-refractivity contribution in [2.75, 3.05) is 5.73 Å². The van der Waals surface area contributed by atoms with Crippen molar-refractivity contribution in [3.05, 3.63) is 58.5 Å². The molecule has 0 bridgehead atoms. The van der Waals surface area contributed by atoms with E-state index in [1.807, 2.05) is 0 Å². The number of aromatic nitrogens is 1. The molecule has 0 fully saturated rings. The molecule has 18 heavy (non-hydrogen) atoms. The number of benzene rings is 1. The first-order chi connectivity index (χ1) is 8.41. The predicted octanol–water partition coefficient (Wildman–Crippen LogP) is 2.71. The van der Waals surface area contributed by atoms with E-state index in [0.29, 0.717) is 16.1 Å². The quantitative estimate of drug-likeness (QED) is 0.879. The molecule has 0 amide bonds. The topological polar surface area (TPSA) is 59.1 Å². The van der Waals surface area contributed by atoms with Crippen LogP contribution in [0.15, 0.2) is 36.5 Å². The number of nitrogens with two attached hydrogens (primary N) is 1. The highest BCUT2D eigenvalue weighted by Gasteiger charge is 2.28. The maximum Gasteiger partial charge on any atom is 0.129 e. The van der Waals surface area contributed by atoms with Crippen molar-refractivity contribution in [3.8, 4) is 0 Å². The smallest absolute Gasteiger partial charge is 0.129 e. The minimum Gasteiger partial charge on any atom is -0.383 e. The molecular formula is C13H12ClFN2O. The van der Waals surface area contributed by atoms with Crippen molar-refractivity contribution in [1.29, 1.82) is 0 Å². The number of halogens is 2. The van der Waals surface area contributed by atoms with E-state index in [1.54, 1.807) is 13.0 Å². The maximum atomic E-state index is 12.9. The van der Waals surface area contributed by atoms with E-state index in [-0.39, 0.29) is 11.6 Å². The summed E-state index contributed by atoms with van der Waals surface area (Å²) in [5, 5.41) is 10.9. The Morgan fingerprint density at radius 1 is 1.33 bits per heavy atom. The molecule has 0 saturated carbocycles. The van der Waals surface area contributed by atoms with Gasteiger partial charge < -0.3 is 10.8 Å². The minimum absolute atomic E-state index is 0.189. The molecule has 0 radical (unpaired) electrons. The predicted molar refractivity (Wildman–Crippen MR) is 68.7 cm³/mol. The van der Waals surface area contributed by atoms with Crippen LogP contribution in [0, 0.1) is 5.82 Å². The van der Waals surface area contributed by atoms with E-state index in [9.17, 15) is 9.50 Å². The highest BCUT2D eigenvalue weighted by Crippen LogP contribution is 2.33. The lowest BCUT2D eigenvalue weighted by Crippen LogP contribution is -2.24. The number of hydrogen-bond acceptors (Lipinski definition) is 3. The largest absolute Gasteiger partial charge is 0.383 e. The number of nitrogen functional groups attached to an aromatic ring is 1.